The molecule has 0 fully saturated rings. The predicted molar refractivity (Wildman–Crippen MR) is 82.8 cm³/mol. The zero-order valence-electron chi connectivity index (χ0n) is 10.8. The van der Waals surface area contributed by atoms with Crippen LogP contribution in [0.25, 0.3) is 0 Å². The average Bonchev–Trinajstić information content (AvgIpc) is 2.40. The summed E-state index contributed by atoms with van der Waals surface area (Å²) in [6.45, 7) is 3.89. The number of nitrogens with one attached hydrogen (secondary N) is 1. The summed E-state index contributed by atoms with van der Waals surface area (Å²) in [6.07, 6.45) is 0. The maximum atomic E-state index is 9.81. The highest BCUT2D eigenvalue weighted by atomic mass is 79.9. The van der Waals surface area contributed by atoms with Crippen LogP contribution in [0.2, 0.25) is 0 Å². The molecule has 0 atom stereocenters. The number of phenolic OH excluding ortho intramolecular Hbond substituents is 1. The minimum atomic E-state index is 0.218. The van der Waals surface area contributed by atoms with Crippen LogP contribution in [-0.4, -0.2) is 10.8 Å². The van der Waals surface area contributed by atoms with E-state index in [0.717, 1.165) is 15.9 Å². The number of rotatable bonds is 3. The van der Waals surface area contributed by atoms with E-state index in [4.69, 9.17) is 0 Å². The van der Waals surface area contributed by atoms with Gasteiger partial charge in [0.15, 0.2) is 0 Å². The molecule has 2 aromatic carbocycles. The van der Waals surface area contributed by atoms with E-state index < -0.39 is 0 Å². The molecule has 2 rings (SSSR count). The summed E-state index contributed by atoms with van der Waals surface area (Å²) in [5, 5.41) is 14.1. The fourth-order valence-corrected chi connectivity index (χ4v) is 2.00. The summed E-state index contributed by atoms with van der Waals surface area (Å²) < 4.78 is 0.908. The van der Waals surface area contributed by atoms with Crippen molar-refractivity contribution < 1.29 is 5.11 Å². The maximum Gasteiger partial charge on any atom is 0.124 e. The molecule has 0 amide bonds. The second-order valence-electron chi connectivity index (χ2n) is 4.34. The van der Waals surface area contributed by atoms with Crippen LogP contribution in [0.3, 0.4) is 0 Å². The molecule has 0 saturated carbocycles. The lowest BCUT2D eigenvalue weighted by atomic mass is 10.1. The van der Waals surface area contributed by atoms with Gasteiger partial charge in [-0.1, -0.05) is 33.6 Å². The van der Waals surface area contributed by atoms with Crippen molar-refractivity contribution in [2.75, 3.05) is 5.43 Å². The molecule has 98 valence electrons. The van der Waals surface area contributed by atoms with Crippen molar-refractivity contribution in [3.8, 4) is 5.75 Å². The first kappa shape index (κ1) is 13.6. The summed E-state index contributed by atoms with van der Waals surface area (Å²) in [4.78, 5) is 0. The lowest BCUT2D eigenvalue weighted by Crippen LogP contribution is -2.00. The Bertz CT molecular complexity index is 606. The fourth-order valence-electron chi connectivity index (χ4n) is 1.63. The number of hydrazone groups is 1. The lowest BCUT2D eigenvalue weighted by molar-refractivity contribution is 0.474. The molecule has 0 bridgehead atoms. The number of hydrogen-bond acceptors (Lipinski definition) is 3. The molecule has 0 aliphatic rings. The first-order chi connectivity index (χ1) is 9.06. The Morgan fingerprint density at radius 2 is 1.84 bits per heavy atom. The van der Waals surface area contributed by atoms with Gasteiger partial charge < -0.3 is 5.11 Å². The van der Waals surface area contributed by atoms with Crippen LogP contribution >= 0.6 is 15.9 Å². The highest BCUT2D eigenvalue weighted by Gasteiger charge is 2.05. The van der Waals surface area contributed by atoms with Gasteiger partial charge in [0.25, 0.3) is 0 Å². The van der Waals surface area contributed by atoms with Gasteiger partial charge in [0.1, 0.15) is 5.75 Å². The normalized spacial score (nSPS) is 11.4. The Hall–Kier alpha value is -1.81. The van der Waals surface area contributed by atoms with Gasteiger partial charge in [-0.3, -0.25) is 5.43 Å². The SMILES string of the molecule is C/C(=N\Nc1ccc(C)cc1)c1cc(Br)ccc1O. The quantitative estimate of drug-likeness (QED) is 0.654. The Kier molecular flexibility index (Phi) is 4.22. The summed E-state index contributed by atoms with van der Waals surface area (Å²) >= 11 is 3.38. The zero-order valence-corrected chi connectivity index (χ0v) is 12.4. The zero-order chi connectivity index (χ0) is 13.8. The van der Waals surface area contributed by atoms with Crippen molar-refractivity contribution in [1.29, 1.82) is 0 Å². The van der Waals surface area contributed by atoms with Crippen LogP contribution in [-0.2, 0) is 0 Å². The number of benzene rings is 2. The molecule has 0 aliphatic heterocycles. The summed E-state index contributed by atoms with van der Waals surface area (Å²) in [7, 11) is 0. The van der Waals surface area contributed by atoms with Crippen LogP contribution in [0.4, 0.5) is 5.69 Å². The molecule has 4 heteroatoms. The molecular weight excluding hydrogens is 304 g/mol. The first-order valence-electron chi connectivity index (χ1n) is 5.92. The van der Waals surface area contributed by atoms with Gasteiger partial charge in [-0.05, 0) is 44.2 Å². The molecule has 0 heterocycles. The van der Waals surface area contributed by atoms with Gasteiger partial charge >= 0.3 is 0 Å². The van der Waals surface area contributed by atoms with Crippen LogP contribution in [0.1, 0.15) is 18.1 Å². The second kappa shape index (κ2) is 5.89. The second-order valence-corrected chi connectivity index (χ2v) is 5.25. The minimum absolute atomic E-state index is 0.218. The molecular formula is C15H15BrN2O. The summed E-state index contributed by atoms with van der Waals surface area (Å²) in [6, 6.07) is 13.2. The molecule has 0 saturated heterocycles. The van der Waals surface area contributed by atoms with E-state index in [-0.39, 0.29) is 5.75 Å². The van der Waals surface area contributed by atoms with Crippen molar-refractivity contribution in [3.05, 3.63) is 58.1 Å². The van der Waals surface area contributed by atoms with Gasteiger partial charge in [0, 0.05) is 10.0 Å². The number of anilines is 1. The topological polar surface area (TPSA) is 44.6 Å². The van der Waals surface area contributed by atoms with Crippen LogP contribution in [0.5, 0.6) is 5.75 Å². The van der Waals surface area contributed by atoms with Crippen molar-refractivity contribution in [1.82, 2.24) is 0 Å². The van der Waals surface area contributed by atoms with E-state index in [2.05, 4.69) is 26.5 Å². The van der Waals surface area contributed by atoms with Gasteiger partial charge in [-0.15, -0.1) is 0 Å². The molecule has 0 unspecified atom stereocenters. The molecule has 0 aromatic heterocycles. The number of nitrogens with zero attached hydrogens (tertiary/aromatic N) is 1. The largest absolute Gasteiger partial charge is 0.507 e. The standard InChI is InChI=1S/C15H15BrN2O/c1-10-3-6-13(7-4-10)18-17-11(2)14-9-12(16)5-8-15(14)19/h3-9,18-19H,1-2H3/b17-11+. The lowest BCUT2D eigenvalue weighted by Gasteiger charge is -2.06. The van der Waals surface area contributed by atoms with Gasteiger partial charge in [-0.2, -0.15) is 5.10 Å². The Morgan fingerprint density at radius 3 is 2.53 bits per heavy atom. The third-order valence-electron chi connectivity index (χ3n) is 2.75. The number of halogens is 1. The highest BCUT2D eigenvalue weighted by Crippen LogP contribution is 2.22. The van der Waals surface area contributed by atoms with Gasteiger partial charge in [-0.25, -0.2) is 0 Å². The molecule has 2 N–H and O–H groups in total. The molecule has 0 spiro atoms. The first-order valence-corrected chi connectivity index (χ1v) is 6.71. The van der Waals surface area contributed by atoms with Crippen LogP contribution < -0.4 is 5.43 Å². The van der Waals surface area contributed by atoms with E-state index in [1.165, 1.54) is 5.56 Å². The molecule has 3 nitrogen and oxygen atoms in total. The van der Waals surface area contributed by atoms with Crippen molar-refractivity contribution in [3.63, 3.8) is 0 Å². The highest BCUT2D eigenvalue weighted by molar-refractivity contribution is 9.10. The molecule has 2 aromatic rings. The predicted octanol–water partition coefficient (Wildman–Crippen LogP) is 4.30. The average molecular weight is 319 g/mol. The monoisotopic (exact) mass is 318 g/mol. The van der Waals surface area contributed by atoms with E-state index >= 15 is 0 Å². The smallest absolute Gasteiger partial charge is 0.124 e. The minimum Gasteiger partial charge on any atom is -0.507 e. The van der Waals surface area contributed by atoms with Crippen LogP contribution in [0, 0.1) is 6.92 Å². The van der Waals surface area contributed by atoms with Gasteiger partial charge in [0.05, 0.1) is 11.4 Å². The Balaban J connectivity index is 2.19. The van der Waals surface area contributed by atoms with Crippen LogP contribution in [0.15, 0.2) is 52.0 Å². The van der Waals surface area contributed by atoms with Crippen molar-refractivity contribution in [2.24, 2.45) is 5.10 Å². The molecule has 0 aliphatic carbocycles. The number of aryl methyl sites for hydroxylation is 1. The van der Waals surface area contributed by atoms with Crippen molar-refractivity contribution >= 4 is 27.3 Å². The third-order valence-corrected chi connectivity index (χ3v) is 3.25. The van der Waals surface area contributed by atoms with E-state index in [9.17, 15) is 5.11 Å². The fraction of sp³-hybridized carbons (Fsp3) is 0.133. The molecule has 19 heavy (non-hydrogen) atoms. The number of hydrogen-bond donors (Lipinski definition) is 2. The third kappa shape index (κ3) is 3.58. The maximum absolute atomic E-state index is 9.81. The number of aromatic hydroxyl groups is 1. The van der Waals surface area contributed by atoms with E-state index in [1.54, 1.807) is 12.1 Å². The number of phenols is 1. The Labute approximate surface area is 121 Å². The van der Waals surface area contributed by atoms with Crippen molar-refractivity contribution in [2.45, 2.75) is 13.8 Å². The molecule has 0 radical (unpaired) electrons. The van der Waals surface area contributed by atoms with E-state index in [0.29, 0.717) is 5.56 Å². The summed E-state index contributed by atoms with van der Waals surface area (Å²) in [5.74, 6) is 0.218. The van der Waals surface area contributed by atoms with Gasteiger partial charge in [0.2, 0.25) is 0 Å². The van der Waals surface area contributed by atoms with E-state index in [1.807, 2.05) is 44.2 Å². The Morgan fingerprint density at radius 1 is 1.16 bits per heavy atom. The summed E-state index contributed by atoms with van der Waals surface area (Å²) in [5.41, 5.74) is 6.52.